The smallest absolute Gasteiger partial charge is 0.407 e. The zero-order valence-corrected chi connectivity index (χ0v) is 14.1. The van der Waals surface area contributed by atoms with Gasteiger partial charge in [0.15, 0.2) is 0 Å². The lowest BCUT2D eigenvalue weighted by atomic mass is 10.0. The SMILES string of the molecule is O=C(NCC1CCOCC1)O[C@@H]1CCN(c2cn[nH]c(=O)c2Cl)C1. The number of anilines is 1. The van der Waals surface area contributed by atoms with Gasteiger partial charge in [-0.2, -0.15) is 5.10 Å². The van der Waals surface area contributed by atoms with Gasteiger partial charge in [0, 0.05) is 32.7 Å². The fourth-order valence-corrected chi connectivity index (χ4v) is 3.22. The van der Waals surface area contributed by atoms with E-state index in [1.165, 1.54) is 6.20 Å². The number of carbonyl (C=O) groups excluding carboxylic acids is 1. The van der Waals surface area contributed by atoms with E-state index in [9.17, 15) is 9.59 Å². The molecule has 9 heteroatoms. The minimum Gasteiger partial charge on any atom is -0.444 e. The summed E-state index contributed by atoms with van der Waals surface area (Å²) in [5.74, 6) is 0.451. The molecule has 0 saturated carbocycles. The number of hydrogen-bond donors (Lipinski definition) is 2. The molecule has 0 bridgehead atoms. The molecule has 132 valence electrons. The molecule has 2 saturated heterocycles. The van der Waals surface area contributed by atoms with Crippen LogP contribution >= 0.6 is 11.6 Å². The number of aromatic amines is 1. The van der Waals surface area contributed by atoms with Gasteiger partial charge in [-0.05, 0) is 18.8 Å². The highest BCUT2D eigenvalue weighted by atomic mass is 35.5. The molecule has 24 heavy (non-hydrogen) atoms. The summed E-state index contributed by atoms with van der Waals surface area (Å²) in [5.41, 5.74) is 0.141. The molecule has 0 aromatic carbocycles. The zero-order chi connectivity index (χ0) is 16.9. The number of nitrogens with zero attached hydrogens (tertiary/aromatic N) is 2. The summed E-state index contributed by atoms with van der Waals surface area (Å²) in [7, 11) is 0. The molecule has 2 aliphatic rings. The van der Waals surface area contributed by atoms with E-state index in [-0.39, 0.29) is 11.1 Å². The van der Waals surface area contributed by atoms with Crippen LogP contribution in [-0.4, -0.2) is 55.2 Å². The number of amides is 1. The van der Waals surface area contributed by atoms with Crippen molar-refractivity contribution in [1.29, 1.82) is 0 Å². The van der Waals surface area contributed by atoms with E-state index in [1.807, 2.05) is 4.90 Å². The first-order valence-corrected chi connectivity index (χ1v) is 8.51. The average molecular weight is 357 g/mol. The van der Waals surface area contributed by atoms with E-state index >= 15 is 0 Å². The van der Waals surface area contributed by atoms with E-state index < -0.39 is 11.7 Å². The van der Waals surface area contributed by atoms with Crippen LogP contribution in [0.15, 0.2) is 11.0 Å². The predicted molar refractivity (Wildman–Crippen MR) is 88.5 cm³/mol. The molecule has 8 nitrogen and oxygen atoms in total. The molecule has 1 aromatic heterocycles. The van der Waals surface area contributed by atoms with Crippen LogP contribution in [0.5, 0.6) is 0 Å². The molecular formula is C15H21ClN4O4. The molecule has 1 atom stereocenters. The van der Waals surface area contributed by atoms with Crippen LogP contribution in [0.25, 0.3) is 0 Å². The summed E-state index contributed by atoms with van der Waals surface area (Å²) in [5, 5.41) is 8.98. The first kappa shape index (κ1) is 17.0. The van der Waals surface area contributed by atoms with Crippen molar-refractivity contribution in [2.24, 2.45) is 5.92 Å². The number of ether oxygens (including phenoxy) is 2. The van der Waals surface area contributed by atoms with Gasteiger partial charge < -0.3 is 19.7 Å². The molecule has 0 aliphatic carbocycles. The molecule has 2 fully saturated rings. The van der Waals surface area contributed by atoms with Gasteiger partial charge in [-0.25, -0.2) is 9.89 Å². The fourth-order valence-electron chi connectivity index (χ4n) is 3.01. The Morgan fingerprint density at radius 3 is 3.04 bits per heavy atom. The van der Waals surface area contributed by atoms with Crippen molar-refractivity contribution in [3.05, 3.63) is 21.6 Å². The summed E-state index contributed by atoms with van der Waals surface area (Å²) in [6.45, 7) is 3.27. The van der Waals surface area contributed by atoms with Crippen molar-refractivity contribution in [2.75, 3.05) is 37.7 Å². The number of nitrogens with one attached hydrogen (secondary N) is 2. The Balaban J connectivity index is 1.46. The minimum atomic E-state index is -0.423. The summed E-state index contributed by atoms with van der Waals surface area (Å²) in [6.07, 6.45) is 3.50. The van der Waals surface area contributed by atoms with E-state index in [4.69, 9.17) is 21.1 Å². The second-order valence-electron chi connectivity index (χ2n) is 6.10. The highest BCUT2D eigenvalue weighted by Gasteiger charge is 2.28. The Morgan fingerprint density at radius 1 is 1.46 bits per heavy atom. The minimum absolute atomic E-state index is 0.106. The third kappa shape index (κ3) is 4.18. The quantitative estimate of drug-likeness (QED) is 0.840. The maximum Gasteiger partial charge on any atom is 0.407 e. The summed E-state index contributed by atoms with van der Waals surface area (Å²) >= 11 is 6.01. The van der Waals surface area contributed by atoms with Gasteiger partial charge in [0.25, 0.3) is 5.56 Å². The number of H-pyrrole nitrogens is 1. The fraction of sp³-hybridized carbons (Fsp3) is 0.667. The summed E-state index contributed by atoms with van der Waals surface area (Å²) in [6, 6.07) is 0. The van der Waals surface area contributed by atoms with Crippen molar-refractivity contribution >= 4 is 23.4 Å². The van der Waals surface area contributed by atoms with E-state index in [0.29, 0.717) is 37.7 Å². The molecule has 3 heterocycles. The third-order valence-corrected chi connectivity index (χ3v) is 4.78. The van der Waals surface area contributed by atoms with Crippen LogP contribution in [-0.2, 0) is 9.47 Å². The molecule has 0 spiro atoms. The van der Waals surface area contributed by atoms with E-state index in [0.717, 1.165) is 26.1 Å². The molecule has 0 radical (unpaired) electrons. The highest BCUT2D eigenvalue weighted by Crippen LogP contribution is 2.25. The van der Waals surface area contributed by atoms with Crippen LogP contribution in [0.3, 0.4) is 0 Å². The second kappa shape index (κ2) is 7.85. The second-order valence-corrected chi connectivity index (χ2v) is 6.47. The van der Waals surface area contributed by atoms with Gasteiger partial charge in [0.1, 0.15) is 11.1 Å². The van der Waals surface area contributed by atoms with Gasteiger partial charge in [-0.3, -0.25) is 4.79 Å². The highest BCUT2D eigenvalue weighted by molar-refractivity contribution is 6.33. The van der Waals surface area contributed by atoms with Gasteiger partial charge >= 0.3 is 6.09 Å². The van der Waals surface area contributed by atoms with Crippen molar-refractivity contribution in [3.8, 4) is 0 Å². The maximum absolute atomic E-state index is 11.9. The van der Waals surface area contributed by atoms with E-state index in [1.54, 1.807) is 0 Å². The Morgan fingerprint density at radius 2 is 2.25 bits per heavy atom. The molecular weight excluding hydrogens is 336 g/mol. The van der Waals surface area contributed by atoms with Crippen molar-refractivity contribution in [2.45, 2.75) is 25.4 Å². The number of hydrogen-bond acceptors (Lipinski definition) is 6. The van der Waals surface area contributed by atoms with Crippen LogP contribution < -0.4 is 15.8 Å². The number of alkyl carbamates (subject to hydrolysis) is 1. The number of carbonyl (C=O) groups is 1. The van der Waals surface area contributed by atoms with Crippen LogP contribution in [0.1, 0.15) is 19.3 Å². The maximum atomic E-state index is 11.9. The first-order chi connectivity index (χ1) is 11.6. The number of halogens is 1. The predicted octanol–water partition coefficient (Wildman–Crippen LogP) is 1.15. The van der Waals surface area contributed by atoms with Crippen molar-refractivity contribution in [3.63, 3.8) is 0 Å². The van der Waals surface area contributed by atoms with Gasteiger partial charge in [0.2, 0.25) is 0 Å². The van der Waals surface area contributed by atoms with Crippen LogP contribution in [0.4, 0.5) is 10.5 Å². The van der Waals surface area contributed by atoms with Gasteiger partial charge in [0.05, 0.1) is 18.4 Å². The summed E-state index contributed by atoms with van der Waals surface area (Å²) < 4.78 is 10.7. The normalized spacial score (nSPS) is 21.7. The summed E-state index contributed by atoms with van der Waals surface area (Å²) in [4.78, 5) is 25.3. The largest absolute Gasteiger partial charge is 0.444 e. The molecule has 0 unspecified atom stereocenters. The van der Waals surface area contributed by atoms with Gasteiger partial charge in [-0.15, -0.1) is 0 Å². The lowest BCUT2D eigenvalue weighted by Crippen LogP contribution is -2.35. The topological polar surface area (TPSA) is 96.6 Å². The molecule has 2 N–H and O–H groups in total. The van der Waals surface area contributed by atoms with Crippen molar-refractivity contribution < 1.29 is 14.3 Å². The van der Waals surface area contributed by atoms with Crippen molar-refractivity contribution in [1.82, 2.24) is 15.5 Å². The third-order valence-electron chi connectivity index (χ3n) is 4.41. The van der Waals surface area contributed by atoms with Gasteiger partial charge in [-0.1, -0.05) is 11.6 Å². The van der Waals surface area contributed by atoms with Crippen LogP contribution in [0.2, 0.25) is 5.02 Å². The van der Waals surface area contributed by atoms with Crippen LogP contribution in [0, 0.1) is 5.92 Å². The lowest BCUT2D eigenvalue weighted by Gasteiger charge is -2.22. The zero-order valence-electron chi connectivity index (χ0n) is 13.3. The standard InChI is InChI=1S/C15H21ClN4O4/c16-13-12(8-18-19-14(13)21)20-4-1-11(9-20)24-15(22)17-7-10-2-5-23-6-3-10/h8,10-11H,1-7,9H2,(H,17,22)(H,19,21)/t11-/m1/s1. The molecule has 1 aromatic rings. The average Bonchev–Trinajstić information content (AvgIpc) is 3.04. The Bertz CT molecular complexity index is 632. The monoisotopic (exact) mass is 356 g/mol. The van der Waals surface area contributed by atoms with E-state index in [2.05, 4.69) is 15.5 Å². The lowest BCUT2D eigenvalue weighted by molar-refractivity contribution is 0.0632. The molecule has 2 aliphatic heterocycles. The molecule has 3 rings (SSSR count). The molecule has 1 amide bonds. The number of aromatic nitrogens is 2. The Labute approximate surface area is 144 Å². The Hall–Kier alpha value is -1.80. The Kier molecular flexibility index (Phi) is 5.57. The number of rotatable bonds is 4. The first-order valence-electron chi connectivity index (χ1n) is 8.14.